The maximum atomic E-state index is 12.8. The lowest BCUT2D eigenvalue weighted by Crippen LogP contribution is -2.14. The summed E-state index contributed by atoms with van der Waals surface area (Å²) in [5, 5.41) is 0. The Morgan fingerprint density at radius 3 is 2.47 bits per heavy atom. The van der Waals surface area contributed by atoms with Crippen molar-refractivity contribution in [2.45, 2.75) is 33.1 Å². The van der Waals surface area contributed by atoms with Crippen LogP contribution in [0.1, 0.15) is 32.6 Å². The van der Waals surface area contributed by atoms with Crippen LogP contribution in [-0.4, -0.2) is 17.1 Å². The summed E-state index contributed by atoms with van der Waals surface area (Å²) in [4.78, 5) is 17.0. The van der Waals surface area contributed by atoms with Gasteiger partial charge in [-0.1, -0.05) is 44.2 Å². The number of carbonyl (C=O) groups excluding carboxylic acids is 1. The average Bonchev–Trinajstić information content (AvgIpc) is 3.22. The first-order valence-corrected chi connectivity index (χ1v) is 10.1. The molecule has 1 aromatic heterocycles. The Kier molecular flexibility index (Phi) is 6.26. The topological polar surface area (TPSA) is 48.4 Å². The molecule has 1 aromatic carbocycles. The van der Waals surface area contributed by atoms with Crippen molar-refractivity contribution in [1.29, 1.82) is 0 Å². The molecule has 1 fully saturated rings. The van der Waals surface area contributed by atoms with E-state index in [1.807, 2.05) is 18.2 Å². The molecular weight excluding hydrogens is 463 g/mol. The highest BCUT2D eigenvalue weighted by Gasteiger charge is 2.62. The fourth-order valence-electron chi connectivity index (χ4n) is 3.32. The standard InChI is InChI=1S/C22H21BrF3NO3/c1-13(16-10-7-11-18(27-16)30-14-8-5-4-6-9-14)29-20(28)19-15(21(19,2)3)12-17(23)22(24,25)26/h4-13,15,19H,1-3H3/t13?,15-,19+/m0/s1. The minimum Gasteiger partial charge on any atom is -0.456 e. The molecule has 0 bridgehead atoms. The third-order valence-electron chi connectivity index (χ3n) is 5.18. The van der Waals surface area contributed by atoms with E-state index in [2.05, 4.69) is 20.9 Å². The number of rotatable bonds is 6. The summed E-state index contributed by atoms with van der Waals surface area (Å²) >= 11 is 2.55. The van der Waals surface area contributed by atoms with Crippen molar-refractivity contribution in [2.24, 2.45) is 17.3 Å². The van der Waals surface area contributed by atoms with Gasteiger partial charge < -0.3 is 9.47 Å². The van der Waals surface area contributed by atoms with Crippen molar-refractivity contribution in [2.75, 3.05) is 0 Å². The predicted octanol–water partition coefficient (Wildman–Crippen LogP) is 6.59. The second kappa shape index (κ2) is 8.41. The Hall–Kier alpha value is -2.35. The zero-order valence-electron chi connectivity index (χ0n) is 16.6. The second-order valence-electron chi connectivity index (χ2n) is 7.73. The molecule has 1 heterocycles. The van der Waals surface area contributed by atoms with Gasteiger partial charge in [-0.2, -0.15) is 13.2 Å². The third-order valence-corrected chi connectivity index (χ3v) is 5.90. The van der Waals surface area contributed by atoms with Crippen LogP contribution in [0.5, 0.6) is 11.6 Å². The number of allylic oxidation sites excluding steroid dienone is 2. The van der Waals surface area contributed by atoms with Gasteiger partial charge in [0.15, 0.2) is 0 Å². The first kappa shape index (κ1) is 22.3. The lowest BCUT2D eigenvalue weighted by atomic mass is 10.1. The van der Waals surface area contributed by atoms with E-state index >= 15 is 0 Å². The highest BCUT2D eigenvalue weighted by Crippen LogP contribution is 2.60. The van der Waals surface area contributed by atoms with Crippen molar-refractivity contribution in [3.63, 3.8) is 0 Å². The second-order valence-corrected chi connectivity index (χ2v) is 8.59. The fourth-order valence-corrected chi connectivity index (χ4v) is 3.61. The number of carbonyl (C=O) groups is 1. The van der Waals surface area contributed by atoms with Crippen molar-refractivity contribution < 1.29 is 27.4 Å². The monoisotopic (exact) mass is 483 g/mol. The molecule has 1 aliphatic carbocycles. The molecule has 2 aromatic rings. The van der Waals surface area contributed by atoms with E-state index in [0.717, 1.165) is 6.08 Å². The average molecular weight is 484 g/mol. The Bertz CT molecular complexity index is 944. The summed E-state index contributed by atoms with van der Waals surface area (Å²) in [6.07, 6.45) is -4.11. The van der Waals surface area contributed by atoms with Gasteiger partial charge >= 0.3 is 12.1 Å². The minimum atomic E-state index is -4.48. The maximum Gasteiger partial charge on any atom is 0.422 e. The molecule has 4 nitrogen and oxygen atoms in total. The molecule has 3 atom stereocenters. The van der Waals surface area contributed by atoms with Crippen LogP contribution in [0.15, 0.2) is 59.1 Å². The zero-order chi connectivity index (χ0) is 22.1. The van der Waals surface area contributed by atoms with E-state index in [-0.39, 0.29) is 0 Å². The largest absolute Gasteiger partial charge is 0.456 e. The lowest BCUT2D eigenvalue weighted by molar-refractivity contribution is -0.151. The highest BCUT2D eigenvalue weighted by atomic mass is 79.9. The summed E-state index contributed by atoms with van der Waals surface area (Å²) < 4.78 is 48.7. The molecule has 0 amide bonds. The molecule has 3 rings (SSSR count). The number of nitrogens with zero attached hydrogens (tertiary/aromatic N) is 1. The molecule has 0 radical (unpaired) electrons. The number of aromatic nitrogens is 1. The van der Waals surface area contributed by atoms with Crippen LogP contribution in [0.25, 0.3) is 0 Å². The summed E-state index contributed by atoms with van der Waals surface area (Å²) in [6.45, 7) is 5.15. The summed E-state index contributed by atoms with van der Waals surface area (Å²) in [5.74, 6) is -0.792. The number of esters is 1. The van der Waals surface area contributed by atoms with Crippen LogP contribution in [-0.2, 0) is 9.53 Å². The Morgan fingerprint density at radius 1 is 1.17 bits per heavy atom. The number of halogens is 4. The van der Waals surface area contributed by atoms with Crippen molar-refractivity contribution >= 4 is 21.9 Å². The molecule has 0 aliphatic heterocycles. The highest BCUT2D eigenvalue weighted by molar-refractivity contribution is 9.11. The number of ether oxygens (including phenoxy) is 2. The molecule has 0 N–H and O–H groups in total. The number of hydrogen-bond acceptors (Lipinski definition) is 4. The lowest BCUT2D eigenvalue weighted by Gasteiger charge is -2.14. The molecule has 30 heavy (non-hydrogen) atoms. The normalized spacial score (nSPS) is 21.6. The van der Waals surface area contributed by atoms with Gasteiger partial charge in [-0.25, -0.2) is 4.98 Å². The molecule has 160 valence electrons. The molecular formula is C22H21BrF3NO3. The molecule has 1 unspecified atom stereocenters. The maximum absolute atomic E-state index is 12.8. The SMILES string of the molecule is CC(OC(=O)[C@H]1[C@H](C=C(Br)C(F)(F)F)C1(C)C)c1cccc(Oc2ccccc2)n1. The summed E-state index contributed by atoms with van der Waals surface area (Å²) in [5.41, 5.74) is -0.133. The van der Waals surface area contributed by atoms with Crippen LogP contribution in [0, 0.1) is 17.3 Å². The fraction of sp³-hybridized carbons (Fsp3) is 0.364. The van der Waals surface area contributed by atoms with Gasteiger partial charge in [-0.05, 0) is 52.4 Å². The predicted molar refractivity (Wildman–Crippen MR) is 109 cm³/mol. The summed E-state index contributed by atoms with van der Waals surface area (Å²) in [7, 11) is 0. The molecule has 0 spiro atoms. The van der Waals surface area contributed by atoms with Gasteiger partial charge in [0, 0.05) is 6.07 Å². The van der Waals surface area contributed by atoms with Crippen molar-refractivity contribution in [3.8, 4) is 11.6 Å². The first-order valence-electron chi connectivity index (χ1n) is 9.35. The zero-order valence-corrected chi connectivity index (χ0v) is 18.2. The van der Waals surface area contributed by atoms with Crippen molar-refractivity contribution in [3.05, 3.63) is 64.8 Å². The first-order chi connectivity index (χ1) is 14.0. The smallest absolute Gasteiger partial charge is 0.422 e. The molecule has 1 saturated carbocycles. The number of pyridine rings is 1. The van der Waals surface area contributed by atoms with Crippen molar-refractivity contribution in [1.82, 2.24) is 4.98 Å². The van der Waals surface area contributed by atoms with E-state index in [1.165, 1.54) is 0 Å². The number of para-hydroxylation sites is 1. The van der Waals surface area contributed by atoms with E-state index in [9.17, 15) is 18.0 Å². The Labute approximate surface area is 181 Å². The quantitative estimate of drug-likeness (QED) is 0.434. The van der Waals surface area contributed by atoms with Crippen LogP contribution < -0.4 is 4.74 Å². The van der Waals surface area contributed by atoms with Gasteiger partial charge in [0.1, 0.15) is 11.9 Å². The molecule has 8 heteroatoms. The van der Waals surface area contributed by atoms with Crippen LogP contribution in [0.3, 0.4) is 0 Å². The Morgan fingerprint density at radius 2 is 1.83 bits per heavy atom. The van der Waals surface area contributed by atoms with Gasteiger partial charge in [0.25, 0.3) is 0 Å². The number of benzene rings is 1. The number of alkyl halides is 3. The van der Waals surface area contributed by atoms with Gasteiger partial charge in [-0.15, -0.1) is 0 Å². The molecule has 1 aliphatic rings. The van der Waals surface area contributed by atoms with E-state index in [4.69, 9.17) is 9.47 Å². The van der Waals surface area contributed by atoms with Crippen LogP contribution >= 0.6 is 15.9 Å². The molecule has 0 saturated heterocycles. The van der Waals surface area contributed by atoms with E-state index in [1.54, 1.807) is 51.1 Å². The van der Waals surface area contributed by atoms with E-state index < -0.39 is 40.0 Å². The van der Waals surface area contributed by atoms with Gasteiger partial charge in [-0.3, -0.25) is 4.79 Å². The summed E-state index contributed by atoms with van der Waals surface area (Å²) in [6, 6.07) is 14.2. The van der Waals surface area contributed by atoms with Crippen LogP contribution in [0.4, 0.5) is 13.2 Å². The van der Waals surface area contributed by atoms with Gasteiger partial charge in [0.2, 0.25) is 5.88 Å². The third kappa shape index (κ3) is 5.03. The Balaban J connectivity index is 1.67. The van der Waals surface area contributed by atoms with Gasteiger partial charge in [0.05, 0.1) is 16.1 Å². The minimum absolute atomic E-state index is 0.350. The van der Waals surface area contributed by atoms with E-state index in [0.29, 0.717) is 17.3 Å². The number of hydrogen-bond donors (Lipinski definition) is 0. The van der Waals surface area contributed by atoms with Crippen LogP contribution in [0.2, 0.25) is 0 Å².